The van der Waals surface area contributed by atoms with E-state index in [1.807, 2.05) is 16.8 Å². The predicted octanol–water partition coefficient (Wildman–Crippen LogP) is 0.931. The topological polar surface area (TPSA) is 105 Å². The van der Waals surface area contributed by atoms with Crippen molar-refractivity contribution in [3.63, 3.8) is 0 Å². The highest BCUT2D eigenvalue weighted by atomic mass is 32.1. The van der Waals surface area contributed by atoms with Crippen LogP contribution < -0.4 is 5.32 Å². The monoisotopic (exact) mass is 281 g/mol. The lowest BCUT2D eigenvalue weighted by atomic mass is 10.3. The molecule has 100 valence electrons. The third kappa shape index (κ3) is 3.88. The van der Waals surface area contributed by atoms with Gasteiger partial charge in [0.2, 0.25) is 17.6 Å². The van der Waals surface area contributed by atoms with E-state index in [9.17, 15) is 9.59 Å². The average Bonchev–Trinajstić information content (AvgIpc) is 3.03. The van der Waals surface area contributed by atoms with Crippen molar-refractivity contribution in [1.82, 2.24) is 15.5 Å². The number of nitrogens with zero attached hydrogens (tertiary/aromatic N) is 2. The number of aliphatic carboxylic acids is 1. The summed E-state index contributed by atoms with van der Waals surface area (Å²) in [5, 5.41) is 18.3. The Bertz CT molecular complexity index is 564. The summed E-state index contributed by atoms with van der Waals surface area (Å²) in [7, 11) is 0. The lowest BCUT2D eigenvalue weighted by Gasteiger charge is -1.99. The second kappa shape index (κ2) is 6.10. The van der Waals surface area contributed by atoms with Gasteiger partial charge in [-0.15, -0.1) is 0 Å². The van der Waals surface area contributed by atoms with Gasteiger partial charge in [0.15, 0.2) is 0 Å². The van der Waals surface area contributed by atoms with Gasteiger partial charge in [-0.05, 0) is 11.4 Å². The first kappa shape index (κ1) is 13.2. The van der Waals surface area contributed by atoms with Crippen LogP contribution in [0.1, 0.15) is 12.3 Å². The lowest BCUT2D eigenvalue weighted by molar-refractivity contribution is -0.137. The third-order valence-electron chi connectivity index (χ3n) is 2.25. The van der Waals surface area contributed by atoms with Gasteiger partial charge in [-0.3, -0.25) is 9.59 Å². The van der Waals surface area contributed by atoms with Gasteiger partial charge in [0, 0.05) is 23.8 Å². The molecular formula is C11H11N3O4S. The lowest BCUT2D eigenvalue weighted by Crippen LogP contribution is -2.29. The first-order valence-electron chi connectivity index (χ1n) is 5.49. The van der Waals surface area contributed by atoms with Gasteiger partial charge in [-0.2, -0.15) is 16.3 Å². The molecule has 0 aliphatic rings. The fourth-order valence-electron chi connectivity index (χ4n) is 1.35. The molecule has 2 rings (SSSR count). The van der Waals surface area contributed by atoms with Crippen molar-refractivity contribution in [2.24, 2.45) is 0 Å². The number of amides is 1. The summed E-state index contributed by atoms with van der Waals surface area (Å²) >= 11 is 1.53. The predicted molar refractivity (Wildman–Crippen MR) is 66.6 cm³/mol. The van der Waals surface area contributed by atoms with Crippen molar-refractivity contribution in [3.05, 3.63) is 22.7 Å². The molecule has 1 amide bonds. The highest BCUT2D eigenvalue weighted by molar-refractivity contribution is 7.08. The molecule has 0 aromatic carbocycles. The molecule has 2 aromatic heterocycles. The number of carbonyl (C=O) groups is 2. The summed E-state index contributed by atoms with van der Waals surface area (Å²) in [6, 6.07) is 1.87. The first-order valence-corrected chi connectivity index (χ1v) is 6.43. The zero-order valence-electron chi connectivity index (χ0n) is 9.83. The number of aryl methyl sites for hydroxylation is 1. The van der Waals surface area contributed by atoms with Crippen molar-refractivity contribution in [1.29, 1.82) is 0 Å². The molecule has 0 aliphatic carbocycles. The molecular weight excluding hydrogens is 270 g/mol. The molecule has 0 spiro atoms. The van der Waals surface area contributed by atoms with Crippen molar-refractivity contribution in [2.45, 2.75) is 12.8 Å². The van der Waals surface area contributed by atoms with Crippen LogP contribution in [0.4, 0.5) is 0 Å². The van der Waals surface area contributed by atoms with Crippen molar-refractivity contribution < 1.29 is 19.2 Å². The number of hydrogen-bond acceptors (Lipinski definition) is 6. The zero-order chi connectivity index (χ0) is 13.7. The van der Waals surface area contributed by atoms with Gasteiger partial charge in [0.05, 0.1) is 0 Å². The Kier molecular flexibility index (Phi) is 4.24. The SMILES string of the molecule is O=C(O)CNC(=O)CCc1nc(-c2ccsc2)no1. The molecule has 0 aliphatic heterocycles. The highest BCUT2D eigenvalue weighted by Gasteiger charge is 2.11. The molecule has 2 aromatic rings. The van der Waals surface area contributed by atoms with Crippen molar-refractivity contribution in [2.75, 3.05) is 6.54 Å². The van der Waals surface area contributed by atoms with Gasteiger partial charge >= 0.3 is 5.97 Å². The first-order chi connectivity index (χ1) is 9.15. The summed E-state index contributed by atoms with van der Waals surface area (Å²) in [6.45, 7) is -0.386. The molecule has 8 heteroatoms. The molecule has 2 heterocycles. The van der Waals surface area contributed by atoms with Gasteiger partial charge in [-0.25, -0.2) is 0 Å². The fourth-order valence-corrected chi connectivity index (χ4v) is 1.98. The number of hydrogen-bond donors (Lipinski definition) is 2. The Morgan fingerprint density at radius 2 is 2.32 bits per heavy atom. The minimum Gasteiger partial charge on any atom is -0.480 e. The molecule has 2 N–H and O–H groups in total. The van der Waals surface area contributed by atoms with Crippen LogP contribution in [0.3, 0.4) is 0 Å². The highest BCUT2D eigenvalue weighted by Crippen LogP contribution is 2.18. The maximum absolute atomic E-state index is 11.3. The Labute approximate surface area is 112 Å². The standard InChI is InChI=1S/C11H11N3O4S/c15-8(12-5-10(16)17)1-2-9-13-11(14-18-9)7-3-4-19-6-7/h3-4,6H,1-2,5H2,(H,12,15)(H,16,17). The van der Waals surface area contributed by atoms with Crippen LogP contribution in [0.5, 0.6) is 0 Å². The molecule has 0 fully saturated rings. The Balaban J connectivity index is 1.84. The normalized spacial score (nSPS) is 10.3. The molecule has 0 saturated carbocycles. The quantitative estimate of drug-likeness (QED) is 0.816. The number of rotatable bonds is 6. The van der Waals surface area contributed by atoms with Crippen LogP contribution in [0.15, 0.2) is 21.3 Å². The van der Waals surface area contributed by atoms with E-state index in [1.165, 1.54) is 11.3 Å². The van der Waals surface area contributed by atoms with Crippen LogP contribution in [-0.4, -0.2) is 33.7 Å². The summed E-state index contributed by atoms with van der Waals surface area (Å²) in [5.41, 5.74) is 0.871. The van der Waals surface area contributed by atoms with E-state index < -0.39 is 5.97 Å². The van der Waals surface area contributed by atoms with E-state index in [2.05, 4.69) is 15.5 Å². The number of carboxylic acids is 1. The van der Waals surface area contributed by atoms with E-state index in [0.717, 1.165) is 5.56 Å². The number of aromatic nitrogens is 2. The second-order valence-corrected chi connectivity index (χ2v) is 4.47. The third-order valence-corrected chi connectivity index (χ3v) is 2.93. The zero-order valence-corrected chi connectivity index (χ0v) is 10.6. The van der Waals surface area contributed by atoms with E-state index >= 15 is 0 Å². The number of thiophene rings is 1. The number of carboxylic acid groups (broad SMARTS) is 1. The van der Waals surface area contributed by atoms with Gasteiger partial charge in [-0.1, -0.05) is 5.16 Å². The largest absolute Gasteiger partial charge is 0.480 e. The molecule has 0 unspecified atom stereocenters. The number of carbonyl (C=O) groups excluding carboxylic acids is 1. The molecule has 0 bridgehead atoms. The van der Waals surface area contributed by atoms with Crippen LogP contribution >= 0.6 is 11.3 Å². The van der Waals surface area contributed by atoms with E-state index in [0.29, 0.717) is 11.7 Å². The summed E-state index contributed by atoms with van der Waals surface area (Å²) < 4.78 is 5.01. The van der Waals surface area contributed by atoms with Crippen LogP contribution in [0, 0.1) is 0 Å². The average molecular weight is 281 g/mol. The Morgan fingerprint density at radius 1 is 1.47 bits per heavy atom. The smallest absolute Gasteiger partial charge is 0.322 e. The summed E-state index contributed by atoms with van der Waals surface area (Å²) in [6.07, 6.45) is 0.390. The van der Waals surface area contributed by atoms with E-state index in [1.54, 1.807) is 0 Å². The van der Waals surface area contributed by atoms with Crippen LogP contribution in [0.2, 0.25) is 0 Å². The van der Waals surface area contributed by atoms with Crippen molar-refractivity contribution in [3.8, 4) is 11.4 Å². The fraction of sp³-hybridized carbons (Fsp3) is 0.273. The van der Waals surface area contributed by atoms with Crippen LogP contribution in [-0.2, 0) is 16.0 Å². The van der Waals surface area contributed by atoms with Crippen LogP contribution in [0.25, 0.3) is 11.4 Å². The molecule has 0 atom stereocenters. The second-order valence-electron chi connectivity index (χ2n) is 3.69. The maximum Gasteiger partial charge on any atom is 0.322 e. The number of nitrogens with one attached hydrogen (secondary N) is 1. The van der Waals surface area contributed by atoms with Gasteiger partial charge in [0.25, 0.3) is 0 Å². The Morgan fingerprint density at radius 3 is 3.00 bits per heavy atom. The van der Waals surface area contributed by atoms with Crippen molar-refractivity contribution >= 4 is 23.2 Å². The van der Waals surface area contributed by atoms with E-state index in [-0.39, 0.29) is 25.3 Å². The molecule has 7 nitrogen and oxygen atoms in total. The summed E-state index contributed by atoms with van der Waals surface area (Å²) in [4.78, 5) is 25.7. The maximum atomic E-state index is 11.3. The molecule has 19 heavy (non-hydrogen) atoms. The Hall–Kier alpha value is -2.22. The minimum absolute atomic E-state index is 0.110. The minimum atomic E-state index is -1.08. The van der Waals surface area contributed by atoms with Gasteiger partial charge < -0.3 is 14.9 Å². The van der Waals surface area contributed by atoms with E-state index in [4.69, 9.17) is 9.63 Å². The molecule has 0 saturated heterocycles. The van der Waals surface area contributed by atoms with Gasteiger partial charge in [0.1, 0.15) is 6.54 Å². The molecule has 0 radical (unpaired) electrons. The summed E-state index contributed by atoms with van der Waals surface area (Å²) in [5.74, 6) is -0.600.